The Morgan fingerprint density at radius 2 is 1.95 bits per heavy atom. The fourth-order valence-corrected chi connectivity index (χ4v) is 11.5. The van der Waals surface area contributed by atoms with Crippen molar-refractivity contribution >= 4 is 35.3 Å². The fraction of sp³-hybridized carbons (Fsp3) is 0.750. The van der Waals surface area contributed by atoms with Crippen molar-refractivity contribution in [3.8, 4) is 0 Å². The SMILES string of the molecule is C[C@@H]1C[C@H]2[C@@H]3CCC4=CC(=O)C=C[C@]4(C)[C@@]3(F)[C@@H](O)C[C@]2(C)[C@@]1(OC(=O)CCCC[C@@H]1SC[C@@H]2NC(=O)N[C@@H]21)C(=O)CO. The summed E-state index contributed by atoms with van der Waals surface area (Å²) in [6.07, 6.45) is 6.40. The van der Waals surface area contributed by atoms with E-state index in [-0.39, 0.29) is 47.9 Å². The molecule has 3 saturated carbocycles. The van der Waals surface area contributed by atoms with Crippen molar-refractivity contribution in [2.75, 3.05) is 12.4 Å². The molecule has 0 unspecified atom stereocenters. The number of Topliss-reactive ketones (excluding diaryl/α,β-unsaturated/α-hetero) is 1. The van der Waals surface area contributed by atoms with Gasteiger partial charge in [-0.2, -0.15) is 11.8 Å². The van der Waals surface area contributed by atoms with Crippen LogP contribution in [0.5, 0.6) is 0 Å². The number of urea groups is 1. The smallest absolute Gasteiger partial charge is 0.315 e. The number of carbonyl (C=O) groups is 4. The molecule has 6 rings (SSSR count). The number of thioether (sulfide) groups is 1. The lowest BCUT2D eigenvalue weighted by atomic mass is 9.44. The highest BCUT2D eigenvalue weighted by Crippen LogP contribution is 2.71. The zero-order valence-corrected chi connectivity index (χ0v) is 25.9. The van der Waals surface area contributed by atoms with E-state index in [0.29, 0.717) is 31.3 Å². The Bertz CT molecular complexity index is 1290. The van der Waals surface area contributed by atoms with Gasteiger partial charge >= 0.3 is 12.0 Å². The van der Waals surface area contributed by atoms with Crippen molar-refractivity contribution in [2.24, 2.45) is 28.6 Å². The highest BCUT2D eigenvalue weighted by molar-refractivity contribution is 8.00. The molecule has 0 aromatic carbocycles. The van der Waals surface area contributed by atoms with Crippen molar-refractivity contribution < 1.29 is 38.5 Å². The normalized spacial score (nSPS) is 46.2. The molecule has 11 atom stereocenters. The summed E-state index contributed by atoms with van der Waals surface area (Å²) in [5, 5.41) is 27.9. The number of aliphatic hydroxyl groups excluding tert-OH is 2. The third kappa shape index (κ3) is 4.30. The van der Waals surface area contributed by atoms with Crippen LogP contribution < -0.4 is 10.6 Å². The number of hydrogen-bond acceptors (Lipinski definition) is 8. The lowest BCUT2D eigenvalue weighted by Crippen LogP contribution is -2.70. The molecule has 5 fully saturated rings. The third-order valence-electron chi connectivity index (χ3n) is 12.1. The van der Waals surface area contributed by atoms with Gasteiger partial charge in [-0.15, -0.1) is 0 Å². The van der Waals surface area contributed by atoms with Gasteiger partial charge in [0.05, 0.1) is 18.2 Å². The minimum absolute atomic E-state index is 0.0877. The number of rotatable bonds is 8. The second-order valence-corrected chi connectivity index (χ2v) is 15.3. The van der Waals surface area contributed by atoms with Crippen LogP contribution in [0.4, 0.5) is 9.18 Å². The van der Waals surface area contributed by atoms with Gasteiger partial charge < -0.3 is 25.6 Å². The maximum Gasteiger partial charge on any atom is 0.315 e. The van der Waals surface area contributed by atoms with Crippen molar-refractivity contribution in [1.29, 1.82) is 0 Å². The van der Waals surface area contributed by atoms with E-state index in [1.54, 1.807) is 13.0 Å². The molecule has 0 aromatic rings. The molecule has 4 aliphatic carbocycles. The summed E-state index contributed by atoms with van der Waals surface area (Å²) in [7, 11) is 0. The van der Waals surface area contributed by atoms with E-state index >= 15 is 4.39 Å². The number of hydrogen-bond donors (Lipinski definition) is 4. The number of halogens is 1. The lowest BCUT2D eigenvalue weighted by molar-refractivity contribution is -0.228. The number of alkyl halides is 1. The van der Waals surface area contributed by atoms with Crippen LogP contribution in [0.25, 0.3) is 0 Å². The molecule has 4 N–H and O–H groups in total. The molecule has 2 heterocycles. The molecule has 43 heavy (non-hydrogen) atoms. The molecule has 9 nitrogen and oxygen atoms in total. The molecule has 236 valence electrons. The van der Waals surface area contributed by atoms with Crippen LogP contribution in [-0.2, 0) is 19.1 Å². The molecule has 0 aromatic heterocycles. The number of esters is 1. The average molecular weight is 619 g/mol. The molecule has 0 spiro atoms. The second kappa shape index (κ2) is 10.7. The topological polar surface area (TPSA) is 142 Å². The van der Waals surface area contributed by atoms with Crippen molar-refractivity contribution in [3.05, 3.63) is 23.8 Å². The van der Waals surface area contributed by atoms with Gasteiger partial charge in [-0.1, -0.05) is 31.9 Å². The van der Waals surface area contributed by atoms with Gasteiger partial charge in [-0.05, 0) is 63.5 Å². The number of unbranched alkanes of at least 4 members (excludes halogenated alkanes) is 1. The summed E-state index contributed by atoms with van der Waals surface area (Å²) >= 11 is 1.81. The Morgan fingerprint density at radius 1 is 1.19 bits per heavy atom. The summed E-state index contributed by atoms with van der Waals surface area (Å²) in [4.78, 5) is 50.8. The predicted octanol–water partition coefficient (Wildman–Crippen LogP) is 3.17. The first kappa shape index (κ1) is 30.8. The first-order valence-corrected chi connectivity index (χ1v) is 16.7. The maximum atomic E-state index is 17.5. The van der Waals surface area contributed by atoms with Gasteiger partial charge in [0.2, 0.25) is 5.78 Å². The van der Waals surface area contributed by atoms with E-state index in [1.165, 1.54) is 12.2 Å². The van der Waals surface area contributed by atoms with Crippen molar-refractivity contribution in [3.63, 3.8) is 0 Å². The van der Waals surface area contributed by atoms with Gasteiger partial charge in [0.15, 0.2) is 17.1 Å². The lowest BCUT2D eigenvalue weighted by Gasteiger charge is -2.62. The van der Waals surface area contributed by atoms with E-state index in [2.05, 4.69) is 10.6 Å². The number of amides is 2. The van der Waals surface area contributed by atoms with Gasteiger partial charge in [-0.3, -0.25) is 14.4 Å². The Hall–Kier alpha value is -2.24. The van der Waals surface area contributed by atoms with E-state index < -0.39 is 58.4 Å². The monoisotopic (exact) mass is 618 g/mol. The first-order chi connectivity index (χ1) is 20.3. The van der Waals surface area contributed by atoms with E-state index in [9.17, 15) is 29.4 Å². The largest absolute Gasteiger partial charge is 0.450 e. The van der Waals surface area contributed by atoms with E-state index in [4.69, 9.17) is 4.74 Å². The molecule has 0 radical (unpaired) electrons. The number of nitrogens with one attached hydrogen (secondary N) is 2. The number of ketones is 2. The van der Waals surface area contributed by atoms with Gasteiger partial charge in [0, 0.05) is 40.1 Å². The van der Waals surface area contributed by atoms with Crippen LogP contribution in [0, 0.1) is 28.6 Å². The van der Waals surface area contributed by atoms with E-state index in [0.717, 1.165) is 18.6 Å². The highest BCUT2D eigenvalue weighted by atomic mass is 32.2. The molecular weight excluding hydrogens is 575 g/mol. The van der Waals surface area contributed by atoms with Crippen LogP contribution in [-0.4, -0.2) is 80.8 Å². The summed E-state index contributed by atoms with van der Waals surface area (Å²) in [6.45, 7) is 4.56. The number of ether oxygens (including phenoxy) is 1. The standard InChI is InChI=1S/C32H43FN2O7S/c1-17-12-21-20-9-8-18-13-19(37)10-11-29(18,2)31(20,33)24(38)14-30(21,3)32(17,25(39)15-36)42-26(40)7-5-4-6-23-27-22(16-43-23)34-28(41)35-27/h10-11,13,17,20-24,27,36,38H,4-9,12,14-16H2,1-3H3,(H2,34,35,41)/t17-,20+,21+,22+,23+,24+,27+,29+,30+,31+,32+/m1/s1. The van der Waals surface area contributed by atoms with Crippen LogP contribution >= 0.6 is 11.8 Å². The molecule has 2 amide bonds. The van der Waals surface area contributed by atoms with Crippen LogP contribution in [0.3, 0.4) is 0 Å². The number of allylic oxidation sites excluding steroid dienone is 4. The maximum absolute atomic E-state index is 17.5. The Balaban J connectivity index is 1.20. The molecule has 6 aliphatic rings. The van der Waals surface area contributed by atoms with Gasteiger partial charge in [-0.25, -0.2) is 9.18 Å². The minimum Gasteiger partial charge on any atom is -0.450 e. The number of fused-ring (bicyclic) bond motifs is 6. The Morgan fingerprint density at radius 3 is 2.70 bits per heavy atom. The quantitative estimate of drug-likeness (QED) is 0.185. The molecule has 2 aliphatic heterocycles. The highest BCUT2D eigenvalue weighted by Gasteiger charge is 2.77. The van der Waals surface area contributed by atoms with Crippen LogP contribution in [0.1, 0.15) is 72.1 Å². The van der Waals surface area contributed by atoms with E-state index in [1.807, 2.05) is 25.6 Å². The average Bonchev–Trinajstić information content (AvgIpc) is 3.57. The molecule has 0 bridgehead atoms. The van der Waals surface area contributed by atoms with Crippen LogP contribution in [0.2, 0.25) is 0 Å². The van der Waals surface area contributed by atoms with Gasteiger partial charge in [0.25, 0.3) is 0 Å². The third-order valence-corrected chi connectivity index (χ3v) is 13.6. The molecule has 2 saturated heterocycles. The van der Waals surface area contributed by atoms with Gasteiger partial charge in [0.1, 0.15) is 6.61 Å². The zero-order chi connectivity index (χ0) is 30.9. The second-order valence-electron chi connectivity index (χ2n) is 14.1. The Kier molecular flexibility index (Phi) is 7.65. The minimum atomic E-state index is -2.06. The molecule has 11 heteroatoms. The number of aliphatic hydroxyl groups is 2. The van der Waals surface area contributed by atoms with Crippen molar-refractivity contribution in [1.82, 2.24) is 10.6 Å². The summed E-state index contributed by atoms with van der Waals surface area (Å²) in [6, 6.07) is 0.0847. The molecular formula is C32H43FN2O7S. The number of carbonyl (C=O) groups excluding carboxylic acids is 4. The zero-order valence-electron chi connectivity index (χ0n) is 25.1. The Labute approximate surface area is 255 Å². The van der Waals surface area contributed by atoms with Crippen molar-refractivity contribution in [2.45, 2.75) is 107 Å². The summed E-state index contributed by atoms with van der Waals surface area (Å²) in [5.41, 5.74) is -5.32. The first-order valence-electron chi connectivity index (χ1n) is 15.7. The fourth-order valence-electron chi connectivity index (χ4n) is 10.0. The summed E-state index contributed by atoms with van der Waals surface area (Å²) < 4.78 is 23.7. The van der Waals surface area contributed by atoms with Crippen LogP contribution in [0.15, 0.2) is 23.8 Å². The predicted molar refractivity (Wildman–Crippen MR) is 158 cm³/mol. The summed E-state index contributed by atoms with van der Waals surface area (Å²) in [5.74, 6) is -1.98.